The molecule has 1 aliphatic rings. The van der Waals surface area contributed by atoms with Crippen LogP contribution in [-0.2, 0) is 0 Å². The number of nitrogens with zero attached hydrogens (tertiary/aromatic N) is 3. The van der Waals surface area contributed by atoms with E-state index in [4.69, 9.17) is 15.2 Å². The molecule has 1 amide bonds. The Morgan fingerprint density at radius 3 is 2.81 bits per heavy atom. The summed E-state index contributed by atoms with van der Waals surface area (Å²) < 4.78 is 8.18. The van der Waals surface area contributed by atoms with Gasteiger partial charge in [0.15, 0.2) is 5.49 Å². The van der Waals surface area contributed by atoms with Gasteiger partial charge in [0.05, 0.1) is 29.5 Å². The molecule has 9 nitrogen and oxygen atoms in total. The molecule has 4 N–H and O–H groups in total. The number of rotatable bonds is 5. The van der Waals surface area contributed by atoms with E-state index in [-0.39, 0.29) is 17.2 Å². The van der Waals surface area contributed by atoms with Gasteiger partial charge in [0.2, 0.25) is 0 Å². The fourth-order valence-electron chi connectivity index (χ4n) is 3.98. The van der Waals surface area contributed by atoms with E-state index in [9.17, 15) is 15.1 Å². The number of hydrogen-bond acceptors (Lipinski definition) is 6. The second-order valence-corrected chi connectivity index (χ2v) is 8.24. The number of amides is 1. The zero-order valence-corrected chi connectivity index (χ0v) is 17.6. The molecule has 0 atom stereocenters. The Kier molecular flexibility index (Phi) is 5.45. The summed E-state index contributed by atoms with van der Waals surface area (Å²) in [6.45, 7) is 4.14. The van der Waals surface area contributed by atoms with Crippen molar-refractivity contribution >= 4 is 22.5 Å². The van der Waals surface area contributed by atoms with Crippen molar-refractivity contribution in [3.8, 4) is 5.75 Å². The fraction of sp³-hybridized carbons (Fsp3) is 0.409. The Bertz CT molecular complexity index is 1170. The monoisotopic (exact) mass is 425 g/mol. The molecule has 0 radical (unpaired) electrons. The molecule has 0 aliphatic heterocycles. The Labute approximate surface area is 179 Å². The van der Waals surface area contributed by atoms with E-state index in [1.54, 1.807) is 12.1 Å². The first-order valence-corrected chi connectivity index (χ1v) is 10.4. The van der Waals surface area contributed by atoms with Crippen molar-refractivity contribution in [2.24, 2.45) is 0 Å². The first-order valence-electron chi connectivity index (χ1n) is 10.4. The van der Waals surface area contributed by atoms with Crippen LogP contribution in [0.2, 0.25) is 0 Å². The normalized spacial score (nSPS) is 21.2. The van der Waals surface area contributed by atoms with E-state index in [0.29, 0.717) is 22.8 Å². The molecule has 9 heteroatoms. The number of aliphatic hydroxyl groups is 1. The van der Waals surface area contributed by atoms with Gasteiger partial charge in [-0.25, -0.2) is 0 Å². The first kappa shape index (κ1) is 20.9. The number of aromatic nitrogens is 3. The summed E-state index contributed by atoms with van der Waals surface area (Å²) in [5.41, 5.74) is 0.355. The van der Waals surface area contributed by atoms with E-state index < -0.39 is 11.5 Å². The third-order valence-electron chi connectivity index (χ3n) is 5.78. The Morgan fingerprint density at radius 1 is 1.35 bits per heavy atom. The third kappa shape index (κ3) is 4.27. The van der Waals surface area contributed by atoms with Gasteiger partial charge in [-0.05, 0) is 57.7 Å². The van der Waals surface area contributed by atoms with Crippen LogP contribution in [0, 0.1) is 5.41 Å². The van der Waals surface area contributed by atoms with Gasteiger partial charge in [-0.2, -0.15) is 9.83 Å². The highest BCUT2D eigenvalue weighted by atomic mass is 16.5. The summed E-state index contributed by atoms with van der Waals surface area (Å²) in [4.78, 5) is 12.7. The van der Waals surface area contributed by atoms with Gasteiger partial charge >= 0.3 is 0 Å². The molecule has 31 heavy (non-hydrogen) atoms. The second kappa shape index (κ2) is 8.07. The lowest BCUT2D eigenvalue weighted by atomic mass is 9.84. The van der Waals surface area contributed by atoms with E-state index in [0.717, 1.165) is 36.6 Å². The highest BCUT2D eigenvalue weighted by Gasteiger charge is 2.30. The highest BCUT2D eigenvalue weighted by molar-refractivity contribution is 6.05. The molecule has 1 aromatic carbocycles. The zero-order valence-electron chi connectivity index (χ0n) is 17.6. The number of nitrogens with one attached hydrogen (secondary N) is 2. The van der Waals surface area contributed by atoms with Gasteiger partial charge in [0.25, 0.3) is 5.91 Å². The molecular formula is C22H27N5O4. The van der Waals surface area contributed by atoms with Crippen LogP contribution in [0.5, 0.6) is 5.75 Å². The molecule has 0 bridgehead atoms. The quantitative estimate of drug-likeness (QED) is 0.468. The molecular weight excluding hydrogens is 398 g/mol. The molecule has 0 saturated heterocycles. The first-order chi connectivity index (χ1) is 14.8. The van der Waals surface area contributed by atoms with Crippen molar-refractivity contribution in [3.05, 3.63) is 47.7 Å². The lowest BCUT2D eigenvalue weighted by molar-refractivity contribution is 0.00860. The van der Waals surface area contributed by atoms with Crippen LogP contribution in [0.1, 0.15) is 56.1 Å². The zero-order chi connectivity index (χ0) is 22.2. The number of carbonyl (C=O) groups excluding carboxylic acids is 1. The van der Waals surface area contributed by atoms with Crippen LogP contribution < -0.4 is 15.5 Å². The number of carbonyl (C=O) groups is 1. The smallest absolute Gasteiger partial charge is 0.275 e. The van der Waals surface area contributed by atoms with E-state index in [2.05, 4.69) is 5.32 Å². The Hall–Kier alpha value is -3.33. The van der Waals surface area contributed by atoms with E-state index >= 15 is 0 Å². The topological polar surface area (TPSA) is 125 Å². The maximum atomic E-state index is 12.7. The fourth-order valence-corrected chi connectivity index (χ4v) is 3.98. The van der Waals surface area contributed by atoms with Crippen LogP contribution in [0.25, 0.3) is 10.9 Å². The van der Waals surface area contributed by atoms with Crippen LogP contribution >= 0.6 is 0 Å². The van der Waals surface area contributed by atoms with Crippen LogP contribution in [0.4, 0.5) is 5.69 Å². The lowest BCUT2D eigenvalue weighted by Gasteiger charge is -2.33. The predicted molar refractivity (Wildman–Crippen MR) is 114 cm³/mol. The molecule has 1 saturated carbocycles. The van der Waals surface area contributed by atoms with Crippen LogP contribution in [0.3, 0.4) is 0 Å². The van der Waals surface area contributed by atoms with Crippen molar-refractivity contribution in [2.75, 3.05) is 11.9 Å². The number of ether oxygens (including phenoxy) is 1. The molecule has 1 aliphatic carbocycles. The molecule has 4 rings (SSSR count). The average Bonchev–Trinajstić information content (AvgIpc) is 3.13. The van der Waals surface area contributed by atoms with E-state index in [1.807, 2.05) is 24.7 Å². The van der Waals surface area contributed by atoms with Crippen molar-refractivity contribution in [1.29, 1.82) is 5.41 Å². The minimum atomic E-state index is -0.609. The molecule has 3 aromatic rings. The largest absolute Gasteiger partial charge is 0.492 e. The SMILES string of the molecule is CCOc1cc2nn(C3CCC(C)(O)CC3)cc2cc1NC(=O)c1cccc(=N)n1O. The molecule has 1 fully saturated rings. The number of pyridine rings is 1. The van der Waals surface area contributed by atoms with Gasteiger partial charge in [-0.3, -0.25) is 14.9 Å². The molecule has 164 valence electrons. The third-order valence-corrected chi connectivity index (χ3v) is 5.78. The minimum absolute atomic E-state index is 0.0556. The second-order valence-electron chi connectivity index (χ2n) is 8.24. The molecule has 0 spiro atoms. The number of benzene rings is 1. The van der Waals surface area contributed by atoms with Crippen molar-refractivity contribution in [1.82, 2.24) is 14.5 Å². The Balaban J connectivity index is 1.65. The molecule has 0 unspecified atom stereocenters. The maximum absolute atomic E-state index is 12.7. The van der Waals surface area contributed by atoms with Gasteiger partial charge in [-0.15, -0.1) is 0 Å². The van der Waals surface area contributed by atoms with Crippen molar-refractivity contribution < 1.29 is 19.8 Å². The predicted octanol–water partition coefficient (Wildman–Crippen LogP) is 3.07. The number of anilines is 1. The summed E-state index contributed by atoms with van der Waals surface area (Å²) in [7, 11) is 0. The highest BCUT2D eigenvalue weighted by Crippen LogP contribution is 2.36. The number of fused-ring (bicyclic) bond motifs is 1. The van der Waals surface area contributed by atoms with Gasteiger partial charge < -0.3 is 20.4 Å². The summed E-state index contributed by atoms with van der Waals surface area (Å²) in [6, 6.07) is 8.15. The van der Waals surface area contributed by atoms with Crippen LogP contribution in [-0.4, -0.2) is 42.9 Å². The summed E-state index contributed by atoms with van der Waals surface area (Å²) >= 11 is 0. The van der Waals surface area contributed by atoms with Crippen molar-refractivity contribution in [2.45, 2.75) is 51.2 Å². The summed E-state index contributed by atoms with van der Waals surface area (Å²) in [5.74, 6) is -0.0782. The van der Waals surface area contributed by atoms with Crippen molar-refractivity contribution in [3.63, 3.8) is 0 Å². The number of hydrogen-bond donors (Lipinski definition) is 4. The van der Waals surface area contributed by atoms with Gasteiger partial charge in [-0.1, -0.05) is 6.07 Å². The summed E-state index contributed by atoms with van der Waals surface area (Å²) in [5, 5.41) is 36.2. The standard InChI is InChI=1S/C22H27N5O4/c1-3-31-19-12-16-14(13-26(25-16)15-7-9-22(2,29)10-8-15)11-17(19)24-21(28)18-5-4-6-20(23)27(18)30/h4-6,11-13,15,23,29-30H,3,7-10H2,1-2H3,(H,24,28). The average molecular weight is 425 g/mol. The Morgan fingerprint density at radius 2 is 2.10 bits per heavy atom. The van der Waals surface area contributed by atoms with E-state index in [1.165, 1.54) is 18.2 Å². The minimum Gasteiger partial charge on any atom is -0.492 e. The van der Waals surface area contributed by atoms with Gasteiger partial charge in [0.1, 0.15) is 11.4 Å². The lowest BCUT2D eigenvalue weighted by Crippen LogP contribution is -2.31. The van der Waals surface area contributed by atoms with Crippen LogP contribution in [0.15, 0.2) is 36.5 Å². The maximum Gasteiger partial charge on any atom is 0.275 e. The molecule has 2 heterocycles. The van der Waals surface area contributed by atoms with Gasteiger partial charge in [0, 0.05) is 17.6 Å². The summed E-state index contributed by atoms with van der Waals surface area (Å²) in [6.07, 6.45) is 5.11. The molecule has 2 aromatic heterocycles.